The maximum atomic E-state index is 12.4. The predicted octanol–water partition coefficient (Wildman–Crippen LogP) is 3.57. The molecule has 0 bridgehead atoms. The van der Waals surface area contributed by atoms with E-state index in [4.69, 9.17) is 13.9 Å². The van der Waals surface area contributed by atoms with Crippen LogP contribution in [0.3, 0.4) is 0 Å². The van der Waals surface area contributed by atoms with E-state index < -0.39 is 0 Å². The van der Waals surface area contributed by atoms with Crippen molar-refractivity contribution in [3.05, 3.63) is 65.9 Å². The zero-order valence-corrected chi connectivity index (χ0v) is 15.6. The first-order valence-corrected chi connectivity index (χ1v) is 8.78. The summed E-state index contributed by atoms with van der Waals surface area (Å²) in [6.07, 6.45) is 1.89. The quantitative estimate of drug-likeness (QED) is 0.657. The molecule has 7 nitrogen and oxygen atoms in total. The number of nitrogens with zero attached hydrogens (tertiary/aromatic N) is 2. The van der Waals surface area contributed by atoms with E-state index in [0.717, 1.165) is 18.0 Å². The fraction of sp³-hybridized carbons (Fsp3) is 0.300. The minimum atomic E-state index is -0.288. The van der Waals surface area contributed by atoms with E-state index in [0.29, 0.717) is 11.5 Å². The van der Waals surface area contributed by atoms with Crippen molar-refractivity contribution in [1.82, 2.24) is 15.1 Å². The number of nitrogens with one attached hydrogen (secondary N) is 1. The summed E-state index contributed by atoms with van der Waals surface area (Å²) >= 11 is 0. The second-order valence-corrected chi connectivity index (χ2v) is 6.02. The molecule has 0 saturated carbocycles. The number of ether oxygens (including phenoxy) is 2. The number of benzene rings is 1. The van der Waals surface area contributed by atoms with Crippen LogP contribution >= 0.6 is 0 Å². The number of amides is 1. The Balaban J connectivity index is 1.55. The van der Waals surface area contributed by atoms with E-state index in [1.165, 1.54) is 0 Å². The van der Waals surface area contributed by atoms with Crippen molar-refractivity contribution >= 4 is 5.91 Å². The lowest BCUT2D eigenvalue weighted by Crippen LogP contribution is -2.26. The summed E-state index contributed by atoms with van der Waals surface area (Å²) in [5.41, 5.74) is 0.805. The number of methoxy groups -OCH3 is 1. The summed E-state index contributed by atoms with van der Waals surface area (Å²) in [6, 6.07) is 12.3. The number of carbonyl (C=O) groups excluding carboxylic acids is 1. The molecule has 1 amide bonds. The molecule has 3 rings (SSSR count). The topological polar surface area (TPSA) is 78.5 Å². The molecule has 1 aromatic carbocycles. The van der Waals surface area contributed by atoms with Crippen LogP contribution in [0.25, 0.3) is 0 Å². The third kappa shape index (κ3) is 4.69. The Morgan fingerprint density at radius 2 is 1.93 bits per heavy atom. The smallest absolute Gasteiger partial charge is 0.287 e. The van der Waals surface area contributed by atoms with Gasteiger partial charge in [-0.15, -0.1) is 0 Å². The third-order valence-corrected chi connectivity index (χ3v) is 4.10. The Morgan fingerprint density at radius 1 is 1.19 bits per heavy atom. The summed E-state index contributed by atoms with van der Waals surface area (Å²) in [6.45, 7) is 4.92. The highest BCUT2D eigenvalue weighted by atomic mass is 16.5. The number of aromatic nitrogens is 2. The standard InChI is InChI=1S/C20H23N3O4/c1-4-23-12-11-18(22-23)14(2)21-20(24)19-10-9-17(27-19)13-26-16-7-5-15(25-3)6-8-16/h5-12,14H,4,13H2,1-3H3,(H,21,24). The lowest BCUT2D eigenvalue weighted by atomic mass is 10.2. The van der Waals surface area contributed by atoms with E-state index in [9.17, 15) is 4.79 Å². The van der Waals surface area contributed by atoms with Crippen molar-refractivity contribution in [1.29, 1.82) is 0 Å². The van der Waals surface area contributed by atoms with Crippen LogP contribution in [0.1, 0.15) is 41.9 Å². The van der Waals surface area contributed by atoms with Crippen molar-refractivity contribution in [2.45, 2.75) is 33.0 Å². The van der Waals surface area contributed by atoms with Crippen LogP contribution in [-0.4, -0.2) is 22.8 Å². The summed E-state index contributed by atoms with van der Waals surface area (Å²) < 4.78 is 18.2. The molecule has 0 aliphatic rings. The molecule has 0 aliphatic heterocycles. The first-order chi connectivity index (χ1) is 13.1. The van der Waals surface area contributed by atoms with E-state index in [1.54, 1.807) is 19.2 Å². The lowest BCUT2D eigenvalue weighted by molar-refractivity contribution is 0.0907. The molecule has 0 saturated heterocycles. The van der Waals surface area contributed by atoms with Crippen molar-refractivity contribution < 1.29 is 18.7 Å². The Hall–Kier alpha value is -3.22. The first-order valence-electron chi connectivity index (χ1n) is 8.78. The molecule has 7 heteroatoms. The van der Waals surface area contributed by atoms with Crippen LogP contribution < -0.4 is 14.8 Å². The zero-order chi connectivity index (χ0) is 19.2. The molecule has 2 heterocycles. The first kappa shape index (κ1) is 18.6. The Morgan fingerprint density at radius 3 is 2.59 bits per heavy atom. The Kier molecular flexibility index (Phi) is 5.80. The average Bonchev–Trinajstić information content (AvgIpc) is 3.36. The van der Waals surface area contributed by atoms with Gasteiger partial charge in [0, 0.05) is 12.7 Å². The van der Waals surface area contributed by atoms with E-state index in [1.807, 2.05) is 55.1 Å². The maximum absolute atomic E-state index is 12.4. The van der Waals surface area contributed by atoms with Gasteiger partial charge in [-0.1, -0.05) is 0 Å². The van der Waals surface area contributed by atoms with Crippen LogP contribution in [0.4, 0.5) is 0 Å². The second-order valence-electron chi connectivity index (χ2n) is 6.02. The van der Waals surface area contributed by atoms with Gasteiger partial charge in [-0.05, 0) is 56.3 Å². The normalized spacial score (nSPS) is 11.8. The van der Waals surface area contributed by atoms with Crippen LogP contribution in [0.5, 0.6) is 11.5 Å². The van der Waals surface area contributed by atoms with Gasteiger partial charge in [-0.25, -0.2) is 0 Å². The molecule has 1 N–H and O–H groups in total. The maximum Gasteiger partial charge on any atom is 0.287 e. The van der Waals surface area contributed by atoms with Crippen LogP contribution in [0, 0.1) is 0 Å². The number of aryl methyl sites for hydroxylation is 1. The summed E-state index contributed by atoms with van der Waals surface area (Å²) in [5, 5.41) is 7.28. The van der Waals surface area contributed by atoms with Crippen LogP contribution in [0.15, 0.2) is 53.1 Å². The van der Waals surface area contributed by atoms with Gasteiger partial charge in [0.05, 0.1) is 18.8 Å². The van der Waals surface area contributed by atoms with Gasteiger partial charge in [-0.3, -0.25) is 9.48 Å². The Labute approximate surface area is 157 Å². The Bertz CT molecular complexity index is 883. The van der Waals surface area contributed by atoms with E-state index >= 15 is 0 Å². The SMILES string of the molecule is CCn1ccc(C(C)NC(=O)c2ccc(COc3ccc(OC)cc3)o2)n1. The minimum Gasteiger partial charge on any atom is -0.497 e. The number of furan rings is 1. The van der Waals surface area contributed by atoms with E-state index in [2.05, 4.69) is 10.4 Å². The molecule has 142 valence electrons. The highest BCUT2D eigenvalue weighted by Gasteiger charge is 2.16. The van der Waals surface area contributed by atoms with Crippen molar-refractivity contribution in [3.63, 3.8) is 0 Å². The number of hydrogen-bond donors (Lipinski definition) is 1. The van der Waals surface area contributed by atoms with Crippen LogP contribution in [-0.2, 0) is 13.2 Å². The number of hydrogen-bond acceptors (Lipinski definition) is 5. The average molecular weight is 369 g/mol. The molecule has 0 spiro atoms. The summed E-state index contributed by atoms with van der Waals surface area (Å²) in [4.78, 5) is 12.4. The number of carbonyl (C=O) groups is 1. The van der Waals surface area contributed by atoms with Gasteiger partial charge < -0.3 is 19.2 Å². The molecule has 1 unspecified atom stereocenters. The molecular formula is C20H23N3O4. The highest BCUT2D eigenvalue weighted by molar-refractivity contribution is 5.91. The minimum absolute atomic E-state index is 0.214. The molecule has 1 atom stereocenters. The molecule has 0 fully saturated rings. The van der Waals surface area contributed by atoms with Crippen LogP contribution in [0.2, 0.25) is 0 Å². The second kappa shape index (κ2) is 8.44. The van der Waals surface area contributed by atoms with Gasteiger partial charge in [0.2, 0.25) is 0 Å². The molecular weight excluding hydrogens is 346 g/mol. The predicted molar refractivity (Wildman–Crippen MR) is 99.8 cm³/mol. The fourth-order valence-electron chi connectivity index (χ4n) is 2.53. The van der Waals surface area contributed by atoms with E-state index in [-0.39, 0.29) is 24.3 Å². The van der Waals surface area contributed by atoms with Crippen molar-refractivity contribution in [2.24, 2.45) is 0 Å². The van der Waals surface area contributed by atoms with Gasteiger partial charge in [-0.2, -0.15) is 5.10 Å². The lowest BCUT2D eigenvalue weighted by Gasteiger charge is -2.10. The summed E-state index contributed by atoms with van der Waals surface area (Å²) in [5.74, 6) is 1.98. The monoisotopic (exact) mass is 369 g/mol. The third-order valence-electron chi connectivity index (χ3n) is 4.10. The van der Waals surface area contributed by atoms with Gasteiger partial charge in [0.25, 0.3) is 5.91 Å². The molecule has 27 heavy (non-hydrogen) atoms. The molecule has 2 aromatic heterocycles. The van der Waals surface area contributed by atoms with Crippen molar-refractivity contribution in [3.8, 4) is 11.5 Å². The highest BCUT2D eigenvalue weighted by Crippen LogP contribution is 2.19. The summed E-state index contributed by atoms with van der Waals surface area (Å²) in [7, 11) is 1.61. The van der Waals surface area contributed by atoms with Gasteiger partial charge >= 0.3 is 0 Å². The fourth-order valence-corrected chi connectivity index (χ4v) is 2.53. The van der Waals surface area contributed by atoms with Gasteiger partial charge in [0.1, 0.15) is 23.9 Å². The molecule has 0 radical (unpaired) electrons. The van der Waals surface area contributed by atoms with Crippen molar-refractivity contribution in [2.75, 3.05) is 7.11 Å². The zero-order valence-electron chi connectivity index (χ0n) is 15.6. The molecule has 3 aromatic rings. The van der Waals surface area contributed by atoms with Gasteiger partial charge in [0.15, 0.2) is 5.76 Å². The largest absolute Gasteiger partial charge is 0.497 e. The number of rotatable bonds is 8. The molecule has 0 aliphatic carbocycles.